The van der Waals surface area contributed by atoms with Gasteiger partial charge in [0.1, 0.15) is 0 Å². The summed E-state index contributed by atoms with van der Waals surface area (Å²) in [5.74, 6) is 0. The number of ether oxygens (including phenoxy) is 5. The molecule has 0 spiro atoms. The first-order valence-electron chi connectivity index (χ1n) is 15.8. The first kappa shape index (κ1) is 35.8. The van der Waals surface area contributed by atoms with Crippen LogP contribution in [-0.2, 0) is 23.7 Å². The average Bonchev–Trinajstić information content (AvgIpc) is 2.89. The number of hydrogen-bond acceptors (Lipinski definition) is 5. The van der Waals surface area contributed by atoms with Gasteiger partial charge in [0, 0.05) is 13.2 Å². The largest absolute Gasteiger partial charge is 0.379 e. The van der Waals surface area contributed by atoms with Crippen LogP contribution in [0.25, 0.3) is 0 Å². The van der Waals surface area contributed by atoms with Crippen LogP contribution in [0, 0.1) is 0 Å². The van der Waals surface area contributed by atoms with Crippen LogP contribution in [-0.4, -0.2) is 66.1 Å². The summed E-state index contributed by atoms with van der Waals surface area (Å²) >= 11 is 0. The third kappa shape index (κ3) is 33.8. The summed E-state index contributed by atoms with van der Waals surface area (Å²) in [5.41, 5.74) is 0. The fourth-order valence-electron chi connectivity index (χ4n) is 4.19. The van der Waals surface area contributed by atoms with Crippen molar-refractivity contribution in [3.05, 3.63) is 0 Å². The van der Waals surface area contributed by atoms with Crippen molar-refractivity contribution in [2.45, 2.75) is 136 Å². The highest BCUT2D eigenvalue weighted by atomic mass is 16.6. The Kier molecular flexibility index (Phi) is 34.6. The second-order valence-electron chi connectivity index (χ2n) is 10.1. The minimum Gasteiger partial charge on any atom is -0.379 e. The molecule has 0 atom stereocenters. The van der Waals surface area contributed by atoms with E-state index >= 15 is 0 Å². The maximum atomic E-state index is 5.66. The van der Waals surface area contributed by atoms with E-state index in [0.717, 1.165) is 13.2 Å². The normalized spacial score (nSPS) is 11.5. The van der Waals surface area contributed by atoms with Gasteiger partial charge < -0.3 is 23.7 Å². The molecule has 0 unspecified atom stereocenters. The Morgan fingerprint density at radius 1 is 0.222 bits per heavy atom. The monoisotopic (exact) mass is 516 g/mol. The Morgan fingerprint density at radius 2 is 0.417 bits per heavy atom. The van der Waals surface area contributed by atoms with Gasteiger partial charge in [-0.2, -0.15) is 0 Å². The SMILES string of the molecule is CCCCCCCCCCCCCOCCOCCOCCOCCOCCCCCCCCCC. The third-order valence-corrected chi connectivity index (χ3v) is 6.52. The van der Waals surface area contributed by atoms with E-state index in [1.807, 2.05) is 0 Å². The van der Waals surface area contributed by atoms with Gasteiger partial charge in [0.25, 0.3) is 0 Å². The molecule has 0 aliphatic carbocycles. The van der Waals surface area contributed by atoms with E-state index in [-0.39, 0.29) is 0 Å². The summed E-state index contributed by atoms with van der Waals surface area (Å²) in [6.07, 6.45) is 25.7. The quantitative estimate of drug-likeness (QED) is 0.0818. The Morgan fingerprint density at radius 3 is 0.667 bits per heavy atom. The molecule has 36 heavy (non-hydrogen) atoms. The van der Waals surface area contributed by atoms with Gasteiger partial charge in [-0.1, -0.05) is 123 Å². The van der Waals surface area contributed by atoms with Crippen LogP contribution < -0.4 is 0 Å². The van der Waals surface area contributed by atoms with Crippen molar-refractivity contribution in [1.29, 1.82) is 0 Å². The molecule has 0 aromatic carbocycles. The van der Waals surface area contributed by atoms with E-state index in [0.29, 0.717) is 52.9 Å². The molecule has 0 amide bonds. The van der Waals surface area contributed by atoms with Crippen molar-refractivity contribution in [2.75, 3.05) is 66.1 Å². The van der Waals surface area contributed by atoms with Crippen molar-refractivity contribution in [2.24, 2.45) is 0 Å². The molecule has 0 radical (unpaired) electrons. The fourth-order valence-corrected chi connectivity index (χ4v) is 4.19. The minimum atomic E-state index is 0.608. The topological polar surface area (TPSA) is 46.2 Å². The third-order valence-electron chi connectivity index (χ3n) is 6.52. The highest BCUT2D eigenvalue weighted by Gasteiger charge is 1.96. The summed E-state index contributed by atoms with van der Waals surface area (Å²) in [5, 5.41) is 0. The zero-order valence-electron chi connectivity index (χ0n) is 24.5. The van der Waals surface area contributed by atoms with Gasteiger partial charge in [0.15, 0.2) is 0 Å². The summed E-state index contributed by atoms with van der Waals surface area (Å²) in [7, 11) is 0. The molecule has 0 saturated heterocycles. The molecule has 218 valence electrons. The van der Waals surface area contributed by atoms with Crippen molar-refractivity contribution in [3.8, 4) is 0 Å². The van der Waals surface area contributed by atoms with Gasteiger partial charge in [0.2, 0.25) is 0 Å². The average molecular weight is 517 g/mol. The summed E-state index contributed by atoms with van der Waals surface area (Å²) < 4.78 is 27.9. The molecule has 0 rings (SSSR count). The molecular formula is C31H64O5. The van der Waals surface area contributed by atoms with E-state index in [9.17, 15) is 0 Å². The molecule has 0 heterocycles. The lowest BCUT2D eigenvalue weighted by Crippen LogP contribution is -2.13. The van der Waals surface area contributed by atoms with Crippen LogP contribution in [0.15, 0.2) is 0 Å². The van der Waals surface area contributed by atoms with Gasteiger partial charge in [-0.3, -0.25) is 0 Å². The second kappa shape index (κ2) is 34.8. The van der Waals surface area contributed by atoms with Crippen LogP contribution in [0.5, 0.6) is 0 Å². The van der Waals surface area contributed by atoms with Crippen LogP contribution in [0.3, 0.4) is 0 Å². The first-order valence-corrected chi connectivity index (χ1v) is 15.8. The van der Waals surface area contributed by atoms with Gasteiger partial charge in [-0.05, 0) is 12.8 Å². The Balaban J connectivity index is 3.00. The van der Waals surface area contributed by atoms with Crippen LogP contribution in [0.2, 0.25) is 0 Å². The lowest BCUT2D eigenvalue weighted by atomic mass is 10.1. The second-order valence-corrected chi connectivity index (χ2v) is 10.1. The van der Waals surface area contributed by atoms with Crippen LogP contribution >= 0.6 is 0 Å². The summed E-state index contributed by atoms with van der Waals surface area (Å²) in [6, 6.07) is 0. The molecular weight excluding hydrogens is 452 g/mol. The highest BCUT2D eigenvalue weighted by Crippen LogP contribution is 2.11. The van der Waals surface area contributed by atoms with Crippen molar-refractivity contribution < 1.29 is 23.7 Å². The fraction of sp³-hybridized carbons (Fsp3) is 1.00. The zero-order valence-corrected chi connectivity index (χ0v) is 24.5. The van der Waals surface area contributed by atoms with Crippen molar-refractivity contribution >= 4 is 0 Å². The van der Waals surface area contributed by atoms with Gasteiger partial charge in [-0.15, -0.1) is 0 Å². The lowest BCUT2D eigenvalue weighted by molar-refractivity contribution is -0.0114. The van der Waals surface area contributed by atoms with Gasteiger partial charge in [-0.25, -0.2) is 0 Å². The van der Waals surface area contributed by atoms with Crippen molar-refractivity contribution in [1.82, 2.24) is 0 Å². The number of rotatable bonds is 33. The molecule has 5 nitrogen and oxygen atoms in total. The van der Waals surface area contributed by atoms with E-state index in [1.165, 1.54) is 122 Å². The first-order chi connectivity index (χ1) is 17.9. The van der Waals surface area contributed by atoms with E-state index in [4.69, 9.17) is 23.7 Å². The zero-order chi connectivity index (χ0) is 26.0. The molecule has 0 aromatic heterocycles. The van der Waals surface area contributed by atoms with Gasteiger partial charge in [0.05, 0.1) is 52.9 Å². The predicted molar refractivity (Wildman–Crippen MR) is 153 cm³/mol. The molecule has 0 saturated carbocycles. The van der Waals surface area contributed by atoms with Gasteiger partial charge >= 0.3 is 0 Å². The molecule has 0 aromatic rings. The number of unbranched alkanes of at least 4 members (excludes halogenated alkanes) is 17. The van der Waals surface area contributed by atoms with Crippen molar-refractivity contribution in [3.63, 3.8) is 0 Å². The Hall–Kier alpha value is -0.200. The smallest absolute Gasteiger partial charge is 0.0701 e. The molecule has 0 N–H and O–H groups in total. The van der Waals surface area contributed by atoms with Crippen LogP contribution in [0.4, 0.5) is 0 Å². The molecule has 0 fully saturated rings. The molecule has 5 heteroatoms. The maximum absolute atomic E-state index is 5.66. The maximum Gasteiger partial charge on any atom is 0.0701 e. The van der Waals surface area contributed by atoms with E-state index in [1.54, 1.807) is 0 Å². The Labute approximate surface area is 225 Å². The molecule has 0 aliphatic rings. The van der Waals surface area contributed by atoms with Crippen LogP contribution in [0.1, 0.15) is 136 Å². The molecule has 0 bridgehead atoms. The standard InChI is InChI=1S/C31H64O5/c1-3-5-7-9-11-13-14-15-17-19-21-23-33-25-27-35-29-31-36-30-28-34-26-24-32-22-20-18-16-12-10-8-6-4-2/h3-31H2,1-2H3. The summed E-state index contributed by atoms with van der Waals surface area (Å²) in [4.78, 5) is 0. The Bertz CT molecular complexity index is 333. The molecule has 0 aliphatic heterocycles. The number of hydrogen-bond donors (Lipinski definition) is 0. The predicted octanol–water partition coefficient (Wildman–Crippen LogP) is 8.52. The van der Waals surface area contributed by atoms with E-state index < -0.39 is 0 Å². The lowest BCUT2D eigenvalue weighted by Gasteiger charge is -2.08. The highest BCUT2D eigenvalue weighted by molar-refractivity contribution is 4.48. The summed E-state index contributed by atoms with van der Waals surface area (Å²) in [6.45, 7) is 11.4. The minimum absolute atomic E-state index is 0.608. The van der Waals surface area contributed by atoms with E-state index in [2.05, 4.69) is 13.8 Å².